The number of hydrogen-bond donors (Lipinski definition) is 1. The van der Waals surface area contributed by atoms with E-state index < -0.39 is 0 Å². The van der Waals surface area contributed by atoms with Crippen LogP contribution in [0.15, 0.2) is 23.0 Å². The van der Waals surface area contributed by atoms with E-state index >= 15 is 0 Å². The molecule has 1 aromatic rings. The van der Waals surface area contributed by atoms with Crippen LogP contribution < -0.4 is 5.32 Å². The van der Waals surface area contributed by atoms with Crippen LogP contribution in [0.5, 0.6) is 0 Å². The van der Waals surface area contributed by atoms with Crippen LogP contribution in [-0.4, -0.2) is 47.4 Å². The quantitative estimate of drug-likeness (QED) is 0.874. The van der Waals surface area contributed by atoms with Crippen LogP contribution in [-0.2, 0) is 4.79 Å². The van der Waals surface area contributed by atoms with Gasteiger partial charge in [0.25, 0.3) is 5.91 Å². The summed E-state index contributed by atoms with van der Waals surface area (Å²) in [5.41, 5.74) is 0.436. The minimum Gasteiger partial charge on any atom is -0.472 e. The van der Waals surface area contributed by atoms with E-state index in [2.05, 4.69) is 12.2 Å². The molecule has 2 unspecified atom stereocenters. The molecule has 0 aliphatic heterocycles. The molecule has 21 heavy (non-hydrogen) atoms. The molecular formula is C15H22N2O3S. The maximum atomic E-state index is 12.1. The summed E-state index contributed by atoms with van der Waals surface area (Å²) in [6.45, 7) is 2.20. The van der Waals surface area contributed by atoms with Gasteiger partial charge in [0, 0.05) is 18.3 Å². The van der Waals surface area contributed by atoms with E-state index in [1.165, 1.54) is 18.9 Å². The zero-order valence-electron chi connectivity index (χ0n) is 12.5. The van der Waals surface area contributed by atoms with E-state index in [0.29, 0.717) is 16.9 Å². The summed E-state index contributed by atoms with van der Waals surface area (Å²) in [5, 5.41) is 3.29. The van der Waals surface area contributed by atoms with Gasteiger partial charge in [0.2, 0.25) is 5.91 Å². The van der Waals surface area contributed by atoms with Crippen molar-refractivity contribution in [3.8, 4) is 0 Å². The number of likely N-dealkylation sites (N-methyl/N-ethyl adjacent to an activating group) is 1. The number of carbonyl (C=O) groups excluding carboxylic acids is 2. The Balaban J connectivity index is 1.77. The lowest BCUT2D eigenvalue weighted by molar-refractivity contribution is -0.130. The normalized spacial score (nSPS) is 21.2. The molecule has 0 bridgehead atoms. The molecule has 2 amide bonds. The second kappa shape index (κ2) is 7.54. The number of carbonyl (C=O) groups is 2. The topological polar surface area (TPSA) is 62.6 Å². The van der Waals surface area contributed by atoms with E-state index in [4.69, 9.17) is 4.42 Å². The number of amides is 2. The lowest BCUT2D eigenvalue weighted by atomic mass is 10.2. The Morgan fingerprint density at radius 3 is 2.95 bits per heavy atom. The number of nitrogens with one attached hydrogen (secondary N) is 1. The molecule has 2 atom stereocenters. The highest BCUT2D eigenvalue weighted by molar-refractivity contribution is 7.99. The van der Waals surface area contributed by atoms with Crippen LogP contribution in [0.4, 0.5) is 0 Å². The van der Waals surface area contributed by atoms with Crippen molar-refractivity contribution in [1.82, 2.24) is 10.2 Å². The van der Waals surface area contributed by atoms with Gasteiger partial charge in [-0.15, -0.1) is 0 Å². The first-order valence-corrected chi connectivity index (χ1v) is 8.34. The average molecular weight is 310 g/mol. The van der Waals surface area contributed by atoms with Crippen LogP contribution in [0.3, 0.4) is 0 Å². The highest BCUT2D eigenvalue weighted by Gasteiger charge is 2.29. The molecule has 0 aromatic carbocycles. The predicted octanol–water partition coefficient (Wildman–Crippen LogP) is 2.14. The van der Waals surface area contributed by atoms with Crippen LogP contribution >= 0.6 is 11.8 Å². The minimum atomic E-state index is -0.281. The third-order valence-electron chi connectivity index (χ3n) is 3.88. The molecular weight excluding hydrogens is 288 g/mol. The number of rotatable bonds is 6. The van der Waals surface area contributed by atoms with E-state index in [1.54, 1.807) is 11.0 Å². The summed E-state index contributed by atoms with van der Waals surface area (Å²) in [7, 11) is 1.83. The van der Waals surface area contributed by atoms with Gasteiger partial charge in [-0.2, -0.15) is 11.8 Å². The zero-order chi connectivity index (χ0) is 15.2. The Kier molecular flexibility index (Phi) is 5.73. The Morgan fingerprint density at radius 1 is 1.48 bits per heavy atom. The van der Waals surface area contributed by atoms with E-state index in [9.17, 15) is 9.59 Å². The fourth-order valence-electron chi connectivity index (χ4n) is 2.64. The van der Waals surface area contributed by atoms with Crippen molar-refractivity contribution in [3.63, 3.8) is 0 Å². The van der Waals surface area contributed by atoms with Crippen LogP contribution in [0.1, 0.15) is 36.5 Å². The maximum absolute atomic E-state index is 12.1. The molecule has 1 aliphatic carbocycles. The lowest BCUT2D eigenvalue weighted by Gasteiger charge is -2.24. The number of thioether (sulfide) groups is 1. The van der Waals surface area contributed by atoms with Gasteiger partial charge in [-0.3, -0.25) is 9.59 Å². The number of hydrogen-bond acceptors (Lipinski definition) is 4. The molecule has 2 rings (SSSR count). The first kappa shape index (κ1) is 15.9. The van der Waals surface area contributed by atoms with E-state index in [-0.39, 0.29) is 18.4 Å². The highest BCUT2D eigenvalue weighted by atomic mass is 32.2. The van der Waals surface area contributed by atoms with Crippen molar-refractivity contribution in [2.24, 2.45) is 0 Å². The molecule has 5 nitrogen and oxygen atoms in total. The Bertz CT molecular complexity index is 475. The summed E-state index contributed by atoms with van der Waals surface area (Å²) in [5.74, 6) is 0.797. The zero-order valence-corrected chi connectivity index (χ0v) is 13.3. The summed E-state index contributed by atoms with van der Waals surface area (Å²) in [4.78, 5) is 25.7. The first-order chi connectivity index (χ1) is 10.1. The van der Waals surface area contributed by atoms with Gasteiger partial charge in [0.15, 0.2) is 0 Å². The largest absolute Gasteiger partial charge is 0.472 e. The van der Waals surface area contributed by atoms with Gasteiger partial charge < -0.3 is 14.6 Å². The summed E-state index contributed by atoms with van der Waals surface area (Å²) >= 11 is 1.97. The number of furan rings is 1. The van der Waals surface area contributed by atoms with Gasteiger partial charge in [0.1, 0.15) is 6.26 Å². The standard InChI is InChI=1S/C15H22N2O3S/c1-3-21-13-5-4-12(8-13)17(2)14(18)9-16-15(19)11-6-7-20-10-11/h6-7,10,12-13H,3-5,8-9H2,1-2H3,(H,16,19). The molecule has 1 saturated carbocycles. The van der Waals surface area contributed by atoms with Gasteiger partial charge >= 0.3 is 0 Å². The van der Waals surface area contributed by atoms with E-state index in [1.807, 2.05) is 18.8 Å². The second-order valence-corrected chi connectivity index (χ2v) is 6.82. The minimum absolute atomic E-state index is 0.0304. The number of nitrogens with zero attached hydrogens (tertiary/aromatic N) is 1. The molecule has 0 saturated heterocycles. The molecule has 116 valence electrons. The average Bonchev–Trinajstić information content (AvgIpc) is 3.15. The molecule has 1 aliphatic rings. The third kappa shape index (κ3) is 4.27. The van der Waals surface area contributed by atoms with Crippen molar-refractivity contribution in [3.05, 3.63) is 24.2 Å². The van der Waals surface area contributed by atoms with Gasteiger partial charge in [-0.25, -0.2) is 0 Å². The van der Waals surface area contributed by atoms with Crippen molar-refractivity contribution in [2.45, 2.75) is 37.5 Å². The monoisotopic (exact) mass is 310 g/mol. The molecule has 1 N–H and O–H groups in total. The van der Waals surface area contributed by atoms with E-state index in [0.717, 1.165) is 18.6 Å². The smallest absolute Gasteiger partial charge is 0.254 e. The molecule has 0 spiro atoms. The fourth-order valence-corrected chi connectivity index (χ4v) is 3.77. The van der Waals surface area contributed by atoms with Gasteiger partial charge in [-0.05, 0) is 31.1 Å². The van der Waals surface area contributed by atoms with Crippen molar-refractivity contribution in [1.29, 1.82) is 0 Å². The predicted molar refractivity (Wildman–Crippen MR) is 83.4 cm³/mol. The molecule has 1 heterocycles. The van der Waals surface area contributed by atoms with Crippen molar-refractivity contribution >= 4 is 23.6 Å². The molecule has 6 heteroatoms. The van der Waals surface area contributed by atoms with Crippen LogP contribution in [0.25, 0.3) is 0 Å². The van der Waals surface area contributed by atoms with Crippen LogP contribution in [0, 0.1) is 0 Å². The molecule has 1 aromatic heterocycles. The summed E-state index contributed by atoms with van der Waals surface area (Å²) in [6, 6.07) is 1.87. The van der Waals surface area contributed by atoms with Gasteiger partial charge in [-0.1, -0.05) is 6.92 Å². The second-order valence-electron chi connectivity index (χ2n) is 5.24. The summed E-state index contributed by atoms with van der Waals surface area (Å²) in [6.07, 6.45) is 6.08. The first-order valence-electron chi connectivity index (χ1n) is 7.29. The Hall–Kier alpha value is -1.43. The van der Waals surface area contributed by atoms with Gasteiger partial charge in [0.05, 0.1) is 18.4 Å². The fraction of sp³-hybridized carbons (Fsp3) is 0.600. The highest BCUT2D eigenvalue weighted by Crippen LogP contribution is 2.32. The van der Waals surface area contributed by atoms with Crippen LogP contribution in [0.2, 0.25) is 0 Å². The maximum Gasteiger partial charge on any atom is 0.254 e. The Labute approximate surface area is 129 Å². The summed E-state index contributed by atoms with van der Waals surface area (Å²) < 4.78 is 4.85. The Morgan fingerprint density at radius 2 is 2.29 bits per heavy atom. The third-order valence-corrected chi connectivity index (χ3v) is 5.12. The lowest BCUT2D eigenvalue weighted by Crippen LogP contribution is -2.42. The SMILES string of the molecule is CCSC1CCC(N(C)C(=O)CNC(=O)c2ccoc2)C1. The van der Waals surface area contributed by atoms with Crippen molar-refractivity contribution in [2.75, 3.05) is 19.3 Å². The molecule has 1 fully saturated rings. The molecule has 0 radical (unpaired) electrons. The van der Waals surface area contributed by atoms with Crippen molar-refractivity contribution < 1.29 is 14.0 Å².